The van der Waals surface area contributed by atoms with Crippen molar-refractivity contribution in [2.24, 2.45) is 5.92 Å². The van der Waals surface area contributed by atoms with Crippen LogP contribution in [0.2, 0.25) is 0 Å². The van der Waals surface area contributed by atoms with Gasteiger partial charge in [-0.05, 0) is 18.8 Å². The lowest BCUT2D eigenvalue weighted by molar-refractivity contribution is -0.154. The third-order valence-electron chi connectivity index (χ3n) is 3.29. The van der Waals surface area contributed by atoms with Crippen molar-refractivity contribution in [2.75, 3.05) is 11.9 Å². The quantitative estimate of drug-likeness (QED) is 0.266. The third-order valence-corrected chi connectivity index (χ3v) is 4.01. The molecule has 0 fully saturated rings. The lowest BCUT2D eigenvalue weighted by Crippen LogP contribution is -2.24. The van der Waals surface area contributed by atoms with Gasteiger partial charge in [-0.2, -0.15) is 0 Å². The molecule has 0 rings (SSSR count). The summed E-state index contributed by atoms with van der Waals surface area (Å²) in [4.78, 5) is 23.3. The minimum atomic E-state index is -0.433. The molecule has 1 atom stereocenters. The van der Waals surface area contributed by atoms with Crippen molar-refractivity contribution in [2.45, 2.75) is 78.2 Å². The Balaban J connectivity index is 3.75. The average Bonchev–Trinajstić information content (AvgIpc) is 2.47. The van der Waals surface area contributed by atoms with E-state index in [1.165, 1.54) is 12.8 Å². The Bertz CT molecular complexity index is 305. The van der Waals surface area contributed by atoms with Crippen molar-refractivity contribution in [3.8, 4) is 0 Å². The highest BCUT2D eigenvalue weighted by molar-refractivity contribution is 9.09. The van der Waals surface area contributed by atoms with Crippen LogP contribution in [-0.2, 0) is 19.1 Å². The Kier molecular flexibility index (Phi) is 13.7. The largest absolute Gasteiger partial charge is 0.466 e. The van der Waals surface area contributed by atoms with Gasteiger partial charge < -0.3 is 9.47 Å². The molecule has 130 valence electrons. The summed E-state index contributed by atoms with van der Waals surface area (Å²) in [7, 11) is 0. The monoisotopic (exact) mass is 378 g/mol. The SMILES string of the molecule is CCCCC(=O)OC(CBr)CC(=O)OCCCCCC(C)C. The van der Waals surface area contributed by atoms with Crippen LogP contribution < -0.4 is 0 Å². The van der Waals surface area contributed by atoms with Gasteiger partial charge in [0.05, 0.1) is 13.0 Å². The van der Waals surface area contributed by atoms with E-state index in [9.17, 15) is 9.59 Å². The molecule has 0 radical (unpaired) electrons. The molecule has 0 heterocycles. The molecule has 22 heavy (non-hydrogen) atoms. The minimum absolute atomic E-state index is 0.120. The van der Waals surface area contributed by atoms with E-state index in [4.69, 9.17) is 9.47 Å². The third kappa shape index (κ3) is 13.1. The zero-order valence-corrected chi connectivity index (χ0v) is 15.8. The lowest BCUT2D eigenvalue weighted by Gasteiger charge is -2.15. The number of hydrogen-bond acceptors (Lipinski definition) is 4. The van der Waals surface area contributed by atoms with Gasteiger partial charge in [0.15, 0.2) is 0 Å². The van der Waals surface area contributed by atoms with Gasteiger partial charge in [-0.1, -0.05) is 62.4 Å². The van der Waals surface area contributed by atoms with Crippen molar-refractivity contribution in [1.29, 1.82) is 0 Å². The van der Waals surface area contributed by atoms with Crippen LogP contribution in [0.25, 0.3) is 0 Å². The van der Waals surface area contributed by atoms with Gasteiger partial charge in [-0.15, -0.1) is 0 Å². The molecule has 0 N–H and O–H groups in total. The van der Waals surface area contributed by atoms with Crippen LogP contribution in [0.4, 0.5) is 0 Å². The van der Waals surface area contributed by atoms with Crippen molar-refractivity contribution in [3.05, 3.63) is 0 Å². The fraction of sp³-hybridized carbons (Fsp3) is 0.882. The molecule has 0 spiro atoms. The molecule has 0 aromatic rings. The second kappa shape index (κ2) is 14.0. The van der Waals surface area contributed by atoms with E-state index in [2.05, 4.69) is 29.8 Å². The highest BCUT2D eigenvalue weighted by atomic mass is 79.9. The first-order chi connectivity index (χ1) is 10.5. The van der Waals surface area contributed by atoms with E-state index in [1.807, 2.05) is 6.92 Å². The predicted octanol–water partition coefficient (Wildman–Crippen LogP) is 4.63. The van der Waals surface area contributed by atoms with Crippen molar-refractivity contribution in [3.63, 3.8) is 0 Å². The lowest BCUT2D eigenvalue weighted by atomic mass is 10.1. The molecule has 0 aromatic carbocycles. The van der Waals surface area contributed by atoms with Gasteiger partial charge in [-0.25, -0.2) is 0 Å². The molecule has 0 bridgehead atoms. The molecule has 1 unspecified atom stereocenters. The van der Waals surface area contributed by atoms with E-state index >= 15 is 0 Å². The van der Waals surface area contributed by atoms with E-state index in [0.29, 0.717) is 18.4 Å². The summed E-state index contributed by atoms with van der Waals surface area (Å²) in [6.45, 7) is 6.90. The first kappa shape index (κ1) is 21.4. The zero-order chi connectivity index (χ0) is 16.8. The number of esters is 2. The van der Waals surface area contributed by atoms with Gasteiger partial charge in [0.25, 0.3) is 0 Å². The number of rotatable bonds is 13. The molecule has 0 aliphatic heterocycles. The number of halogens is 1. The van der Waals surface area contributed by atoms with Crippen LogP contribution in [0.1, 0.15) is 72.1 Å². The topological polar surface area (TPSA) is 52.6 Å². The Labute approximate surface area is 143 Å². The van der Waals surface area contributed by atoms with Gasteiger partial charge in [0.1, 0.15) is 6.10 Å². The number of alkyl halides is 1. The zero-order valence-electron chi connectivity index (χ0n) is 14.2. The summed E-state index contributed by atoms with van der Waals surface area (Å²) in [5.41, 5.74) is 0. The number of ether oxygens (including phenoxy) is 2. The van der Waals surface area contributed by atoms with Gasteiger partial charge in [0, 0.05) is 11.8 Å². The smallest absolute Gasteiger partial charge is 0.309 e. The number of carbonyl (C=O) groups is 2. The molecule has 4 nitrogen and oxygen atoms in total. The highest BCUT2D eigenvalue weighted by Gasteiger charge is 2.18. The van der Waals surface area contributed by atoms with Crippen LogP contribution in [-0.4, -0.2) is 30.0 Å². The van der Waals surface area contributed by atoms with E-state index < -0.39 is 6.10 Å². The minimum Gasteiger partial charge on any atom is -0.466 e. The molecule has 0 saturated carbocycles. The van der Waals surface area contributed by atoms with Gasteiger partial charge in [-0.3, -0.25) is 9.59 Å². The van der Waals surface area contributed by atoms with Crippen LogP contribution in [0.15, 0.2) is 0 Å². The van der Waals surface area contributed by atoms with E-state index in [-0.39, 0.29) is 18.4 Å². The Hall–Kier alpha value is -0.580. The Morgan fingerprint density at radius 2 is 1.77 bits per heavy atom. The molecular formula is C17H31BrO4. The standard InChI is InChI=1S/C17H31BrO4/c1-4-5-10-16(19)22-15(13-18)12-17(20)21-11-8-6-7-9-14(2)3/h14-15H,4-13H2,1-3H3. The molecule has 0 aromatic heterocycles. The normalized spacial score (nSPS) is 12.2. The average molecular weight is 379 g/mol. The predicted molar refractivity (Wildman–Crippen MR) is 92.1 cm³/mol. The maximum atomic E-state index is 11.7. The Morgan fingerprint density at radius 1 is 1.05 bits per heavy atom. The number of unbranched alkanes of at least 4 members (excludes halogenated alkanes) is 3. The van der Waals surface area contributed by atoms with Crippen LogP contribution >= 0.6 is 15.9 Å². The molecule has 0 aliphatic carbocycles. The highest BCUT2D eigenvalue weighted by Crippen LogP contribution is 2.10. The van der Waals surface area contributed by atoms with E-state index in [1.54, 1.807) is 0 Å². The van der Waals surface area contributed by atoms with Crippen molar-refractivity contribution in [1.82, 2.24) is 0 Å². The summed E-state index contributed by atoms with van der Waals surface area (Å²) in [5, 5.41) is 0.453. The van der Waals surface area contributed by atoms with Crippen LogP contribution in [0, 0.1) is 5.92 Å². The second-order valence-corrected chi connectivity index (χ2v) is 6.68. The summed E-state index contributed by atoms with van der Waals surface area (Å²) in [6.07, 6.45) is 6.23. The summed E-state index contributed by atoms with van der Waals surface area (Å²) < 4.78 is 10.4. The van der Waals surface area contributed by atoms with E-state index in [0.717, 1.165) is 31.6 Å². The maximum Gasteiger partial charge on any atom is 0.309 e. The summed E-state index contributed by atoms with van der Waals surface area (Å²) >= 11 is 3.27. The first-order valence-corrected chi connectivity index (χ1v) is 9.52. The van der Waals surface area contributed by atoms with Gasteiger partial charge in [0.2, 0.25) is 0 Å². The molecule has 0 aliphatic rings. The maximum absolute atomic E-state index is 11.7. The Morgan fingerprint density at radius 3 is 2.36 bits per heavy atom. The molecule has 0 saturated heterocycles. The summed E-state index contributed by atoms with van der Waals surface area (Å²) in [6, 6.07) is 0. The second-order valence-electron chi connectivity index (χ2n) is 6.04. The fourth-order valence-corrected chi connectivity index (χ4v) is 2.32. The fourth-order valence-electron chi connectivity index (χ4n) is 1.96. The molecular weight excluding hydrogens is 348 g/mol. The number of hydrogen-bond donors (Lipinski definition) is 0. The summed E-state index contributed by atoms with van der Waals surface area (Å²) in [5.74, 6) is 0.189. The molecule has 0 amide bonds. The van der Waals surface area contributed by atoms with Crippen LogP contribution in [0.3, 0.4) is 0 Å². The van der Waals surface area contributed by atoms with Gasteiger partial charge >= 0.3 is 11.9 Å². The van der Waals surface area contributed by atoms with Crippen molar-refractivity contribution < 1.29 is 19.1 Å². The van der Waals surface area contributed by atoms with Crippen molar-refractivity contribution >= 4 is 27.9 Å². The number of carbonyl (C=O) groups excluding carboxylic acids is 2. The van der Waals surface area contributed by atoms with Crippen LogP contribution in [0.5, 0.6) is 0 Å². The first-order valence-electron chi connectivity index (χ1n) is 8.40. The molecule has 5 heteroatoms.